The molecule has 6 nitrogen and oxygen atoms in total. The predicted molar refractivity (Wildman–Crippen MR) is 80.2 cm³/mol. The van der Waals surface area contributed by atoms with Gasteiger partial charge in [-0.25, -0.2) is 4.79 Å². The van der Waals surface area contributed by atoms with Gasteiger partial charge in [-0.2, -0.15) is 0 Å². The summed E-state index contributed by atoms with van der Waals surface area (Å²) in [5, 5.41) is 0. The number of anilines is 2. The fourth-order valence-corrected chi connectivity index (χ4v) is 2.25. The molecule has 3 rings (SSSR count). The van der Waals surface area contributed by atoms with E-state index in [1.807, 2.05) is 0 Å². The number of benzene rings is 2. The normalized spacial score (nSPS) is 10.9. The molecule has 0 bridgehead atoms. The summed E-state index contributed by atoms with van der Waals surface area (Å²) in [6.45, 7) is 0. The van der Waals surface area contributed by atoms with Crippen LogP contribution < -0.4 is 17.2 Å². The van der Waals surface area contributed by atoms with Gasteiger partial charge in [0.25, 0.3) is 0 Å². The number of rotatable bonds is 2. The first-order chi connectivity index (χ1) is 9.95. The van der Waals surface area contributed by atoms with Gasteiger partial charge in [-0.3, -0.25) is 9.36 Å². The van der Waals surface area contributed by atoms with Crippen molar-refractivity contribution in [3.05, 3.63) is 58.1 Å². The maximum Gasteiger partial charge on any atom is 0.419 e. The largest absolute Gasteiger partial charge is 0.419 e. The molecule has 0 radical (unpaired) electrons. The lowest BCUT2D eigenvalue weighted by Gasteiger charge is -2.04. The van der Waals surface area contributed by atoms with Crippen molar-refractivity contribution in [1.29, 1.82) is 0 Å². The van der Waals surface area contributed by atoms with Crippen LogP contribution in [0.3, 0.4) is 0 Å². The van der Waals surface area contributed by atoms with E-state index in [4.69, 9.17) is 15.9 Å². The number of nitrogen functional groups attached to an aromatic ring is 2. The summed E-state index contributed by atoms with van der Waals surface area (Å²) in [5.41, 5.74) is 14.0. The molecule has 2 aromatic carbocycles. The fraction of sp³-hybridized carbons (Fsp3) is 0.0667. The van der Waals surface area contributed by atoms with Crippen LogP contribution in [0.15, 0.2) is 45.6 Å². The minimum Gasteiger partial charge on any atom is -0.408 e. The maximum atomic E-state index is 12.4. The molecule has 0 unspecified atom stereocenters. The van der Waals surface area contributed by atoms with E-state index >= 15 is 0 Å². The SMILES string of the molecule is Cn1c(=O)oc2cc(C(=O)c3cc(N)cc(N)c3)ccc21. The Morgan fingerprint density at radius 1 is 1.05 bits per heavy atom. The Labute approximate surface area is 119 Å². The number of aryl methyl sites for hydroxylation is 1. The van der Waals surface area contributed by atoms with Crippen LogP contribution in [0.2, 0.25) is 0 Å². The van der Waals surface area contributed by atoms with Crippen molar-refractivity contribution in [3.8, 4) is 0 Å². The van der Waals surface area contributed by atoms with Crippen LogP contribution in [0.1, 0.15) is 15.9 Å². The summed E-state index contributed by atoms with van der Waals surface area (Å²) in [7, 11) is 1.61. The topological polar surface area (TPSA) is 104 Å². The number of carbonyl (C=O) groups excluding carboxylic acids is 1. The molecule has 1 heterocycles. The summed E-state index contributed by atoms with van der Waals surface area (Å²) in [6, 6.07) is 9.55. The second-order valence-corrected chi connectivity index (χ2v) is 4.83. The number of aromatic nitrogens is 1. The Balaban J connectivity index is 2.11. The summed E-state index contributed by atoms with van der Waals surface area (Å²) in [4.78, 5) is 23.9. The van der Waals surface area contributed by atoms with Gasteiger partial charge in [-0.1, -0.05) is 0 Å². The molecule has 21 heavy (non-hydrogen) atoms. The third kappa shape index (κ3) is 2.16. The Kier molecular flexibility index (Phi) is 2.79. The van der Waals surface area contributed by atoms with E-state index in [1.54, 1.807) is 43.4 Å². The van der Waals surface area contributed by atoms with Crippen molar-refractivity contribution in [2.75, 3.05) is 11.5 Å². The Morgan fingerprint density at radius 3 is 2.38 bits per heavy atom. The van der Waals surface area contributed by atoms with Gasteiger partial charge in [0.2, 0.25) is 0 Å². The molecule has 6 heteroatoms. The molecule has 0 spiro atoms. The minimum absolute atomic E-state index is 0.234. The minimum atomic E-state index is -0.470. The molecule has 0 atom stereocenters. The molecule has 0 aliphatic carbocycles. The molecule has 106 valence electrons. The lowest BCUT2D eigenvalue weighted by atomic mass is 10.0. The van der Waals surface area contributed by atoms with Gasteiger partial charge < -0.3 is 15.9 Å². The molecule has 0 aliphatic heterocycles. The van der Waals surface area contributed by atoms with E-state index in [1.165, 1.54) is 4.57 Å². The Morgan fingerprint density at radius 2 is 1.71 bits per heavy atom. The van der Waals surface area contributed by atoms with Crippen molar-refractivity contribution in [1.82, 2.24) is 4.57 Å². The van der Waals surface area contributed by atoms with Crippen molar-refractivity contribution < 1.29 is 9.21 Å². The van der Waals surface area contributed by atoms with Crippen LogP contribution in [0.5, 0.6) is 0 Å². The summed E-state index contributed by atoms with van der Waals surface area (Å²) >= 11 is 0. The highest BCUT2D eigenvalue weighted by molar-refractivity contribution is 6.11. The molecule has 0 fully saturated rings. The van der Waals surface area contributed by atoms with Gasteiger partial charge >= 0.3 is 5.76 Å². The Hall–Kier alpha value is -3.02. The van der Waals surface area contributed by atoms with Gasteiger partial charge in [0.15, 0.2) is 11.4 Å². The lowest BCUT2D eigenvalue weighted by molar-refractivity contribution is 0.103. The smallest absolute Gasteiger partial charge is 0.408 e. The quantitative estimate of drug-likeness (QED) is 0.548. The van der Waals surface area contributed by atoms with Crippen LogP contribution in [-0.2, 0) is 7.05 Å². The first kappa shape index (κ1) is 13.0. The van der Waals surface area contributed by atoms with Crippen LogP contribution in [0, 0.1) is 0 Å². The molecular formula is C15H13N3O3. The van der Waals surface area contributed by atoms with Crippen LogP contribution >= 0.6 is 0 Å². The predicted octanol–water partition coefficient (Wildman–Crippen LogP) is 1.53. The zero-order valence-electron chi connectivity index (χ0n) is 11.3. The number of fused-ring (bicyclic) bond motifs is 1. The summed E-state index contributed by atoms with van der Waals surface area (Å²) < 4.78 is 6.46. The number of ketones is 1. The second kappa shape index (κ2) is 4.52. The summed E-state index contributed by atoms with van der Waals surface area (Å²) in [5.74, 6) is -0.704. The van der Waals surface area contributed by atoms with Crippen LogP contribution in [0.4, 0.5) is 11.4 Å². The molecule has 3 aromatic rings. The van der Waals surface area contributed by atoms with Gasteiger partial charge in [0.05, 0.1) is 5.52 Å². The van der Waals surface area contributed by atoms with Gasteiger partial charge in [-0.05, 0) is 36.4 Å². The molecule has 1 aromatic heterocycles. The van der Waals surface area contributed by atoms with E-state index in [9.17, 15) is 9.59 Å². The van der Waals surface area contributed by atoms with Gasteiger partial charge in [-0.15, -0.1) is 0 Å². The number of oxazole rings is 1. The molecule has 0 amide bonds. The lowest BCUT2D eigenvalue weighted by Crippen LogP contribution is -2.08. The molecule has 0 aliphatic rings. The number of hydrogen-bond acceptors (Lipinski definition) is 5. The average Bonchev–Trinajstić information content (AvgIpc) is 2.71. The zero-order valence-corrected chi connectivity index (χ0v) is 11.3. The standard InChI is InChI=1S/C15H13N3O3/c1-18-12-3-2-8(6-13(12)21-15(18)20)14(19)9-4-10(16)7-11(17)5-9/h2-7H,16-17H2,1H3. The van der Waals surface area contributed by atoms with Crippen molar-refractivity contribution in [2.45, 2.75) is 0 Å². The number of hydrogen-bond donors (Lipinski definition) is 2. The fourth-order valence-electron chi connectivity index (χ4n) is 2.25. The first-order valence-electron chi connectivity index (χ1n) is 6.26. The van der Waals surface area contributed by atoms with E-state index in [0.717, 1.165) is 0 Å². The van der Waals surface area contributed by atoms with Gasteiger partial charge in [0.1, 0.15) is 0 Å². The molecule has 0 saturated carbocycles. The third-order valence-corrected chi connectivity index (χ3v) is 3.29. The van der Waals surface area contributed by atoms with E-state index in [2.05, 4.69) is 0 Å². The number of carbonyl (C=O) groups is 1. The summed E-state index contributed by atoms with van der Waals surface area (Å²) in [6.07, 6.45) is 0. The van der Waals surface area contributed by atoms with Crippen molar-refractivity contribution in [3.63, 3.8) is 0 Å². The maximum absolute atomic E-state index is 12.4. The monoisotopic (exact) mass is 283 g/mol. The first-order valence-corrected chi connectivity index (χ1v) is 6.26. The van der Waals surface area contributed by atoms with Crippen molar-refractivity contribution in [2.24, 2.45) is 7.05 Å². The average molecular weight is 283 g/mol. The number of nitrogens with two attached hydrogens (primary N) is 2. The van der Waals surface area contributed by atoms with Crippen LogP contribution in [-0.4, -0.2) is 10.4 Å². The zero-order chi connectivity index (χ0) is 15.1. The highest BCUT2D eigenvalue weighted by Crippen LogP contribution is 2.20. The molecule has 0 saturated heterocycles. The highest BCUT2D eigenvalue weighted by atomic mass is 16.4. The Bertz CT molecular complexity index is 901. The number of nitrogens with zero attached hydrogens (tertiary/aromatic N) is 1. The van der Waals surface area contributed by atoms with E-state index in [-0.39, 0.29) is 5.78 Å². The molecular weight excluding hydrogens is 270 g/mol. The van der Waals surface area contributed by atoms with Crippen molar-refractivity contribution >= 4 is 28.3 Å². The third-order valence-electron chi connectivity index (χ3n) is 3.29. The van der Waals surface area contributed by atoms with E-state index < -0.39 is 5.76 Å². The van der Waals surface area contributed by atoms with E-state index in [0.29, 0.717) is 33.6 Å². The van der Waals surface area contributed by atoms with Gasteiger partial charge in [0, 0.05) is 29.5 Å². The van der Waals surface area contributed by atoms with Crippen LogP contribution in [0.25, 0.3) is 11.1 Å². The second-order valence-electron chi connectivity index (χ2n) is 4.83. The molecule has 4 N–H and O–H groups in total. The highest BCUT2D eigenvalue weighted by Gasteiger charge is 2.13.